The molecule has 7 nitrogen and oxygen atoms in total. The first kappa shape index (κ1) is 35.2. The molecule has 0 spiro atoms. The Morgan fingerprint density at radius 3 is 1.76 bits per heavy atom. The minimum absolute atomic E-state index is 0.0217. The quantitative estimate of drug-likeness (QED) is 0.0792. The molecule has 0 saturated heterocycles. The number of carbonyl (C=O) groups excluding carboxylic acids is 3. The number of carbonyl (C=O) groups is 3. The van der Waals surface area contributed by atoms with Crippen molar-refractivity contribution in [3.8, 4) is 17.2 Å². The van der Waals surface area contributed by atoms with Crippen molar-refractivity contribution in [3.05, 3.63) is 89.0 Å². The predicted octanol–water partition coefficient (Wildman–Crippen LogP) is 9.27. The van der Waals surface area contributed by atoms with Gasteiger partial charge < -0.3 is 18.9 Å². The topological polar surface area (TPSA) is 88.1 Å². The highest BCUT2D eigenvalue weighted by atomic mass is 19.1. The minimum Gasteiger partial charge on any atom is -0.491 e. The van der Waals surface area contributed by atoms with Crippen molar-refractivity contribution in [1.82, 2.24) is 0 Å². The van der Waals surface area contributed by atoms with E-state index in [0.29, 0.717) is 12.2 Å². The van der Waals surface area contributed by atoms with E-state index in [9.17, 15) is 23.2 Å². The van der Waals surface area contributed by atoms with Crippen LogP contribution in [0.1, 0.15) is 116 Å². The highest BCUT2D eigenvalue weighted by Crippen LogP contribution is 2.24. The molecule has 45 heavy (non-hydrogen) atoms. The summed E-state index contributed by atoms with van der Waals surface area (Å²) < 4.78 is 50.6. The number of esters is 3. The Kier molecular flexibility index (Phi) is 14.5. The summed E-state index contributed by atoms with van der Waals surface area (Å²) in [6, 6.07) is 12.7. The van der Waals surface area contributed by atoms with Gasteiger partial charge in [0.15, 0.2) is 23.1 Å². The van der Waals surface area contributed by atoms with Gasteiger partial charge in [-0.3, -0.25) is 0 Å². The zero-order valence-corrected chi connectivity index (χ0v) is 26.2. The lowest BCUT2D eigenvalue weighted by atomic mass is 10.1. The maximum Gasteiger partial charge on any atom is 0.343 e. The summed E-state index contributed by atoms with van der Waals surface area (Å²) in [7, 11) is 0. The van der Waals surface area contributed by atoms with E-state index in [1.807, 2.05) is 6.92 Å². The fourth-order valence-corrected chi connectivity index (χ4v) is 4.50. The Bertz CT molecular complexity index is 1410. The molecule has 0 aliphatic carbocycles. The Balaban J connectivity index is 1.51. The van der Waals surface area contributed by atoms with Crippen molar-refractivity contribution in [2.45, 2.75) is 91.1 Å². The van der Waals surface area contributed by atoms with Crippen molar-refractivity contribution in [1.29, 1.82) is 0 Å². The van der Waals surface area contributed by atoms with Crippen LogP contribution in [0.4, 0.5) is 8.78 Å². The summed E-state index contributed by atoms with van der Waals surface area (Å²) in [5.74, 6) is -4.28. The van der Waals surface area contributed by atoms with Crippen LogP contribution >= 0.6 is 0 Å². The lowest BCUT2D eigenvalue weighted by Gasteiger charge is -2.13. The molecule has 0 aromatic heterocycles. The fraction of sp³-hybridized carbons (Fsp3) is 0.417. The van der Waals surface area contributed by atoms with Gasteiger partial charge in [-0.1, -0.05) is 58.8 Å². The monoisotopic (exact) mass is 624 g/mol. The second-order valence-corrected chi connectivity index (χ2v) is 10.9. The maximum absolute atomic E-state index is 14.8. The SMILES string of the molecule is CCCCCCCOc1ccc(C(=O)Oc2ccc(C(=O)Oc3ccc(C(=O)O[C@H](C)CCCCCC)cc3)cc2F)cc1F. The molecule has 0 amide bonds. The number of hydrogen-bond acceptors (Lipinski definition) is 7. The van der Waals surface area contributed by atoms with E-state index < -0.39 is 35.3 Å². The Morgan fingerprint density at radius 1 is 0.622 bits per heavy atom. The molecule has 0 saturated carbocycles. The first-order chi connectivity index (χ1) is 21.7. The van der Waals surface area contributed by atoms with Crippen molar-refractivity contribution < 1.29 is 42.1 Å². The molecular formula is C36H42F2O7. The largest absolute Gasteiger partial charge is 0.491 e. The van der Waals surface area contributed by atoms with Crippen LogP contribution in [0.5, 0.6) is 17.2 Å². The molecule has 0 radical (unpaired) electrons. The Labute approximate surface area is 263 Å². The van der Waals surface area contributed by atoms with Crippen LogP contribution in [-0.2, 0) is 4.74 Å². The average molecular weight is 625 g/mol. The van der Waals surface area contributed by atoms with E-state index >= 15 is 0 Å². The highest BCUT2D eigenvalue weighted by molar-refractivity contribution is 5.93. The number of ether oxygens (including phenoxy) is 4. The van der Waals surface area contributed by atoms with E-state index in [0.717, 1.165) is 82.4 Å². The number of benzene rings is 3. The van der Waals surface area contributed by atoms with Crippen LogP contribution in [0.15, 0.2) is 60.7 Å². The first-order valence-corrected chi connectivity index (χ1v) is 15.7. The summed E-state index contributed by atoms with van der Waals surface area (Å²) in [5.41, 5.74) is 0.0571. The van der Waals surface area contributed by atoms with Gasteiger partial charge in [-0.25, -0.2) is 23.2 Å². The molecule has 0 N–H and O–H groups in total. The standard InChI is InChI=1S/C36H42F2O7/c1-4-6-8-10-12-22-42-32-20-16-28(23-30(32)37)36(41)45-33-21-17-27(24-31(33)38)35(40)44-29-18-14-26(15-19-29)34(39)43-25(3)13-11-9-7-5-2/h14-21,23-25H,4-13,22H2,1-3H3/t25-/m1/s1. The molecule has 0 fully saturated rings. The molecule has 3 rings (SSSR count). The maximum atomic E-state index is 14.8. The highest BCUT2D eigenvalue weighted by Gasteiger charge is 2.18. The molecule has 3 aromatic carbocycles. The van der Waals surface area contributed by atoms with Gasteiger partial charge in [-0.2, -0.15) is 0 Å². The van der Waals surface area contributed by atoms with Gasteiger partial charge in [0.2, 0.25) is 0 Å². The molecule has 1 atom stereocenters. The molecule has 9 heteroatoms. The van der Waals surface area contributed by atoms with Gasteiger partial charge in [0.1, 0.15) is 5.75 Å². The summed E-state index contributed by atoms with van der Waals surface area (Å²) in [6.45, 7) is 6.48. The van der Waals surface area contributed by atoms with Crippen molar-refractivity contribution in [3.63, 3.8) is 0 Å². The van der Waals surface area contributed by atoms with Crippen molar-refractivity contribution >= 4 is 17.9 Å². The third kappa shape index (κ3) is 11.6. The first-order valence-electron chi connectivity index (χ1n) is 15.7. The average Bonchev–Trinajstić information content (AvgIpc) is 3.02. The molecule has 0 heterocycles. The van der Waals surface area contributed by atoms with Crippen LogP contribution in [-0.4, -0.2) is 30.6 Å². The predicted molar refractivity (Wildman–Crippen MR) is 167 cm³/mol. The van der Waals surface area contributed by atoms with Crippen LogP contribution in [0.2, 0.25) is 0 Å². The minimum atomic E-state index is -0.983. The fourth-order valence-electron chi connectivity index (χ4n) is 4.50. The zero-order chi connectivity index (χ0) is 32.6. The van der Waals surface area contributed by atoms with E-state index in [4.69, 9.17) is 18.9 Å². The van der Waals surface area contributed by atoms with E-state index in [-0.39, 0.29) is 28.7 Å². The van der Waals surface area contributed by atoms with Gasteiger partial charge in [0.05, 0.1) is 29.4 Å². The number of rotatable bonds is 18. The van der Waals surface area contributed by atoms with Gasteiger partial charge >= 0.3 is 17.9 Å². The van der Waals surface area contributed by atoms with E-state index in [1.165, 1.54) is 42.5 Å². The van der Waals surface area contributed by atoms with Crippen LogP contribution in [0.25, 0.3) is 0 Å². The van der Waals surface area contributed by atoms with E-state index in [1.54, 1.807) is 0 Å². The number of halogens is 2. The normalized spacial score (nSPS) is 11.5. The summed E-state index contributed by atoms with van der Waals surface area (Å²) in [6.07, 6.45) is 10.1. The molecule has 0 aliphatic heterocycles. The number of unbranched alkanes of at least 4 members (excludes halogenated alkanes) is 7. The Morgan fingerprint density at radius 2 is 1.16 bits per heavy atom. The Hall–Kier alpha value is -4.27. The zero-order valence-electron chi connectivity index (χ0n) is 26.2. The number of hydrogen-bond donors (Lipinski definition) is 0. The third-order valence-electron chi connectivity index (χ3n) is 7.12. The second kappa shape index (κ2) is 18.5. The summed E-state index contributed by atoms with van der Waals surface area (Å²) in [4.78, 5) is 37.5. The van der Waals surface area contributed by atoms with Crippen LogP contribution in [0, 0.1) is 11.6 Å². The van der Waals surface area contributed by atoms with Crippen LogP contribution in [0.3, 0.4) is 0 Å². The third-order valence-corrected chi connectivity index (χ3v) is 7.12. The summed E-state index contributed by atoms with van der Waals surface area (Å²) in [5, 5.41) is 0. The lowest BCUT2D eigenvalue weighted by Crippen LogP contribution is -2.15. The van der Waals surface area contributed by atoms with Gasteiger partial charge in [-0.05, 0) is 86.8 Å². The molecule has 0 unspecified atom stereocenters. The molecule has 242 valence electrons. The van der Waals surface area contributed by atoms with E-state index in [2.05, 4.69) is 13.8 Å². The molecule has 0 aliphatic rings. The smallest absolute Gasteiger partial charge is 0.343 e. The second-order valence-electron chi connectivity index (χ2n) is 10.9. The summed E-state index contributed by atoms with van der Waals surface area (Å²) >= 11 is 0. The van der Waals surface area contributed by atoms with Gasteiger partial charge in [0.25, 0.3) is 0 Å². The van der Waals surface area contributed by atoms with Crippen molar-refractivity contribution in [2.24, 2.45) is 0 Å². The molecule has 3 aromatic rings. The van der Waals surface area contributed by atoms with Crippen LogP contribution < -0.4 is 14.2 Å². The lowest BCUT2D eigenvalue weighted by molar-refractivity contribution is 0.0319. The van der Waals surface area contributed by atoms with Gasteiger partial charge in [0, 0.05) is 0 Å². The molecule has 0 bridgehead atoms. The van der Waals surface area contributed by atoms with Gasteiger partial charge in [-0.15, -0.1) is 0 Å². The van der Waals surface area contributed by atoms with Crippen molar-refractivity contribution in [2.75, 3.05) is 6.61 Å². The molecular weight excluding hydrogens is 582 g/mol.